The Hall–Kier alpha value is -0.200. The van der Waals surface area contributed by atoms with Crippen molar-refractivity contribution in [3.8, 4) is 0 Å². The predicted octanol–water partition coefficient (Wildman–Crippen LogP) is 0.669. The molecule has 1 heterocycles. The topological polar surface area (TPSA) is 39.3 Å². The Kier molecular flexibility index (Phi) is 3.35. The van der Waals surface area contributed by atoms with Crippen molar-refractivity contribution < 1.29 is 0 Å². The molecular formula is C9H15BrN4. The van der Waals surface area contributed by atoms with Crippen molar-refractivity contribution in [1.29, 1.82) is 0 Å². The van der Waals surface area contributed by atoms with Crippen molar-refractivity contribution in [1.82, 2.24) is 21.5 Å². The van der Waals surface area contributed by atoms with Crippen LogP contribution in [0.2, 0.25) is 0 Å². The number of halogens is 1. The van der Waals surface area contributed by atoms with Crippen molar-refractivity contribution in [2.24, 2.45) is 5.92 Å². The lowest BCUT2D eigenvalue weighted by Gasteiger charge is -2.23. The monoisotopic (exact) mass is 258 g/mol. The maximum absolute atomic E-state index is 3.53. The quantitative estimate of drug-likeness (QED) is 0.503. The molecule has 4 nitrogen and oxygen atoms in total. The van der Waals surface area contributed by atoms with Gasteiger partial charge in [-0.25, -0.2) is 10.9 Å². The molecule has 2 atom stereocenters. The highest BCUT2D eigenvalue weighted by Gasteiger charge is 2.26. The van der Waals surface area contributed by atoms with Crippen LogP contribution in [0.5, 0.6) is 0 Å². The fourth-order valence-electron chi connectivity index (χ4n) is 1.76. The van der Waals surface area contributed by atoms with Crippen LogP contribution in [0.3, 0.4) is 0 Å². The van der Waals surface area contributed by atoms with Gasteiger partial charge in [0, 0.05) is 18.3 Å². The molecule has 78 valence electrons. The van der Waals surface area contributed by atoms with Crippen molar-refractivity contribution in [3.05, 3.63) is 23.8 Å². The molecule has 2 unspecified atom stereocenters. The minimum Gasteiger partial charge on any atom is -0.221 e. The minimum atomic E-state index is 0.201. The van der Waals surface area contributed by atoms with Crippen LogP contribution in [0, 0.1) is 5.92 Å². The largest absolute Gasteiger partial charge is 0.221 e. The van der Waals surface area contributed by atoms with Gasteiger partial charge >= 0.3 is 0 Å². The summed E-state index contributed by atoms with van der Waals surface area (Å²) < 4.78 is 0. The third kappa shape index (κ3) is 2.07. The molecule has 0 amide bonds. The summed E-state index contributed by atoms with van der Waals surface area (Å²) in [4.78, 5) is 0. The summed E-state index contributed by atoms with van der Waals surface area (Å²) in [5.74, 6) is 0.488. The molecule has 14 heavy (non-hydrogen) atoms. The van der Waals surface area contributed by atoms with E-state index in [2.05, 4.69) is 50.5 Å². The van der Waals surface area contributed by atoms with Gasteiger partial charge < -0.3 is 0 Å². The Morgan fingerprint density at radius 1 is 1.64 bits per heavy atom. The molecule has 3 N–H and O–H groups in total. The van der Waals surface area contributed by atoms with Crippen molar-refractivity contribution >= 4 is 15.9 Å². The zero-order chi connectivity index (χ0) is 9.97. The van der Waals surface area contributed by atoms with Crippen molar-refractivity contribution in [2.75, 3.05) is 12.4 Å². The van der Waals surface area contributed by atoms with Crippen LogP contribution >= 0.6 is 15.9 Å². The summed E-state index contributed by atoms with van der Waals surface area (Å²) in [5, 5.41) is 2.80. The highest BCUT2D eigenvalue weighted by molar-refractivity contribution is 9.09. The normalized spacial score (nSPS) is 33.4. The van der Waals surface area contributed by atoms with Gasteiger partial charge in [0.05, 0.1) is 0 Å². The molecule has 2 rings (SSSR count). The second-order valence-electron chi connectivity index (χ2n) is 3.51. The molecule has 1 fully saturated rings. The second kappa shape index (κ2) is 4.55. The third-order valence-corrected chi connectivity index (χ3v) is 3.18. The average molecular weight is 259 g/mol. The van der Waals surface area contributed by atoms with E-state index >= 15 is 0 Å². The number of alkyl halides is 1. The molecule has 0 aromatic rings. The fraction of sp³-hybridized carbons (Fsp3) is 0.556. The Bertz CT molecular complexity index is 264. The summed E-state index contributed by atoms with van der Waals surface area (Å²) >= 11 is 3.53. The number of allylic oxidation sites excluding steroid dienone is 3. The number of hydrazine groups is 3. The second-order valence-corrected chi connectivity index (χ2v) is 4.15. The van der Waals surface area contributed by atoms with E-state index in [0.717, 1.165) is 11.8 Å². The first-order chi connectivity index (χ1) is 6.81. The van der Waals surface area contributed by atoms with Gasteiger partial charge in [0.1, 0.15) is 6.17 Å². The number of hydrogen-bond donors (Lipinski definition) is 3. The third-order valence-electron chi connectivity index (χ3n) is 2.49. The van der Waals surface area contributed by atoms with Crippen LogP contribution in [-0.2, 0) is 0 Å². The zero-order valence-electron chi connectivity index (χ0n) is 8.13. The van der Waals surface area contributed by atoms with Gasteiger partial charge in [0.15, 0.2) is 0 Å². The van der Waals surface area contributed by atoms with Crippen LogP contribution in [0.25, 0.3) is 0 Å². The summed E-state index contributed by atoms with van der Waals surface area (Å²) in [6.07, 6.45) is 7.97. The molecule has 0 bridgehead atoms. The van der Waals surface area contributed by atoms with Crippen LogP contribution in [-0.4, -0.2) is 23.7 Å². The van der Waals surface area contributed by atoms with Crippen LogP contribution in [0.15, 0.2) is 23.8 Å². The van der Waals surface area contributed by atoms with E-state index in [9.17, 15) is 0 Å². The van der Waals surface area contributed by atoms with Crippen LogP contribution in [0.4, 0.5) is 0 Å². The molecule has 5 heteroatoms. The molecule has 0 aromatic heterocycles. The molecule has 1 aliphatic carbocycles. The maximum Gasteiger partial charge on any atom is 0.108 e. The fourth-order valence-corrected chi connectivity index (χ4v) is 2.35. The molecule has 1 saturated heterocycles. The van der Waals surface area contributed by atoms with Gasteiger partial charge in [-0.3, -0.25) is 0 Å². The van der Waals surface area contributed by atoms with Gasteiger partial charge in [-0.05, 0) is 12.0 Å². The highest BCUT2D eigenvalue weighted by Crippen LogP contribution is 2.23. The lowest BCUT2D eigenvalue weighted by atomic mass is 9.93. The molecule has 1 aliphatic heterocycles. The first-order valence-electron chi connectivity index (χ1n) is 4.75. The Labute approximate surface area is 92.5 Å². The lowest BCUT2D eigenvalue weighted by Crippen LogP contribution is -2.39. The molecular weight excluding hydrogens is 244 g/mol. The predicted molar refractivity (Wildman–Crippen MR) is 60.1 cm³/mol. The number of rotatable bonds is 2. The van der Waals surface area contributed by atoms with E-state index in [4.69, 9.17) is 0 Å². The lowest BCUT2D eigenvalue weighted by molar-refractivity contribution is 0.216. The molecule has 2 aliphatic rings. The van der Waals surface area contributed by atoms with Crippen LogP contribution in [0.1, 0.15) is 6.42 Å². The van der Waals surface area contributed by atoms with Gasteiger partial charge in [-0.15, -0.1) is 0 Å². The van der Waals surface area contributed by atoms with E-state index in [0.29, 0.717) is 5.92 Å². The van der Waals surface area contributed by atoms with Gasteiger partial charge in [-0.1, -0.05) is 34.2 Å². The van der Waals surface area contributed by atoms with E-state index < -0.39 is 0 Å². The Balaban J connectivity index is 2.05. The molecule has 0 radical (unpaired) electrons. The number of nitrogens with one attached hydrogen (secondary N) is 3. The van der Waals surface area contributed by atoms with E-state index in [1.807, 2.05) is 12.2 Å². The first-order valence-corrected chi connectivity index (χ1v) is 5.87. The van der Waals surface area contributed by atoms with E-state index in [1.54, 1.807) is 0 Å². The van der Waals surface area contributed by atoms with Gasteiger partial charge in [-0.2, -0.15) is 10.7 Å². The summed E-state index contributed by atoms with van der Waals surface area (Å²) in [6.45, 7) is 0. The minimum absolute atomic E-state index is 0.201. The molecule has 0 saturated carbocycles. The first kappa shape index (κ1) is 10.3. The van der Waals surface area contributed by atoms with Gasteiger partial charge in [0.25, 0.3) is 0 Å². The zero-order valence-corrected chi connectivity index (χ0v) is 9.71. The smallest absolute Gasteiger partial charge is 0.108 e. The van der Waals surface area contributed by atoms with E-state index in [1.165, 1.54) is 5.57 Å². The highest BCUT2D eigenvalue weighted by atomic mass is 79.9. The maximum atomic E-state index is 3.53. The Morgan fingerprint density at radius 2 is 2.50 bits per heavy atom. The SMILES string of the molecule is CN1NNC(C2=CCC=CC2CBr)N1. The van der Waals surface area contributed by atoms with Crippen LogP contribution < -0.4 is 16.4 Å². The summed E-state index contributed by atoms with van der Waals surface area (Å²) in [5.41, 5.74) is 10.9. The van der Waals surface area contributed by atoms with Gasteiger partial charge in [0.2, 0.25) is 0 Å². The average Bonchev–Trinajstić information content (AvgIpc) is 2.65. The summed E-state index contributed by atoms with van der Waals surface area (Å²) in [6, 6.07) is 0. The number of nitrogens with zero attached hydrogens (tertiary/aromatic N) is 1. The number of hydrogen-bond acceptors (Lipinski definition) is 4. The molecule has 0 aromatic carbocycles. The molecule has 0 spiro atoms. The standard InChI is InChI=1S/C9H15BrN4/c1-14-12-9(11-13-14)8-5-3-2-4-7(8)6-10/h2,4-5,7,9,11-13H,3,6H2,1H3. The summed E-state index contributed by atoms with van der Waals surface area (Å²) in [7, 11) is 1.94. The Morgan fingerprint density at radius 3 is 3.14 bits per heavy atom. The van der Waals surface area contributed by atoms with Crippen molar-refractivity contribution in [3.63, 3.8) is 0 Å². The van der Waals surface area contributed by atoms with Crippen molar-refractivity contribution in [2.45, 2.75) is 12.6 Å². The van der Waals surface area contributed by atoms with E-state index in [-0.39, 0.29) is 6.17 Å².